The van der Waals surface area contributed by atoms with E-state index in [1.165, 1.54) is 0 Å². The first-order valence-electron chi connectivity index (χ1n) is 6.97. The van der Waals surface area contributed by atoms with Gasteiger partial charge in [-0.1, -0.05) is 25.2 Å². The lowest BCUT2D eigenvalue weighted by atomic mass is 9.98. The van der Waals surface area contributed by atoms with Gasteiger partial charge >= 0.3 is 0 Å². The maximum Gasteiger partial charge on any atom is 0.254 e. The normalized spacial score (nSPS) is 15.1. The Labute approximate surface area is 119 Å². The zero-order chi connectivity index (χ0) is 14.8. The fourth-order valence-electron chi connectivity index (χ4n) is 1.97. The van der Waals surface area contributed by atoms with Crippen molar-refractivity contribution in [2.75, 3.05) is 13.1 Å². The topological polar surface area (TPSA) is 82.0 Å². The summed E-state index contributed by atoms with van der Waals surface area (Å²) >= 11 is 0. The van der Waals surface area contributed by atoms with E-state index < -0.39 is 11.8 Å². The maximum absolute atomic E-state index is 11.7. The van der Waals surface area contributed by atoms with E-state index in [0.717, 1.165) is 31.4 Å². The lowest BCUT2D eigenvalue weighted by molar-refractivity contribution is -0.125. The van der Waals surface area contributed by atoms with Crippen molar-refractivity contribution in [2.24, 2.45) is 0 Å². The summed E-state index contributed by atoms with van der Waals surface area (Å²) < 4.78 is 0. The molecule has 0 bridgehead atoms. The van der Waals surface area contributed by atoms with E-state index in [2.05, 4.69) is 10.6 Å². The number of nitrogens with one attached hydrogen (secondary N) is 2. The Morgan fingerprint density at radius 2 is 2.25 bits per heavy atom. The van der Waals surface area contributed by atoms with E-state index in [4.69, 9.17) is 5.26 Å². The average Bonchev–Trinajstić information content (AvgIpc) is 2.47. The summed E-state index contributed by atoms with van der Waals surface area (Å²) in [4.78, 5) is 23.3. The third-order valence-electron chi connectivity index (χ3n) is 2.99. The zero-order valence-electron chi connectivity index (χ0n) is 11.8. The molecule has 1 amide bonds. The molecule has 0 aromatic rings. The number of allylic oxidation sites excluding steroid dienone is 3. The second kappa shape index (κ2) is 9.05. The third-order valence-corrected chi connectivity index (χ3v) is 2.99. The van der Waals surface area contributed by atoms with Gasteiger partial charge in [-0.2, -0.15) is 5.26 Å². The van der Waals surface area contributed by atoms with Gasteiger partial charge in [-0.05, 0) is 31.4 Å². The van der Waals surface area contributed by atoms with Crippen molar-refractivity contribution in [3.63, 3.8) is 0 Å². The highest BCUT2D eigenvalue weighted by Gasteiger charge is 2.21. The minimum atomic E-state index is -0.759. The van der Waals surface area contributed by atoms with Crippen LogP contribution in [0.1, 0.15) is 32.6 Å². The van der Waals surface area contributed by atoms with Gasteiger partial charge in [0.1, 0.15) is 12.1 Å². The number of carbonyl (C=O) groups is 2. The van der Waals surface area contributed by atoms with E-state index in [-0.39, 0.29) is 12.5 Å². The quantitative estimate of drug-likeness (QED) is 0.515. The molecule has 0 radical (unpaired) electrons. The molecule has 0 aromatic carbocycles. The SMILES string of the molecule is CCCNCC(=O)NC(CC1=CCCC=C1)C(=O)C#N. The molecule has 20 heavy (non-hydrogen) atoms. The average molecular weight is 275 g/mol. The molecule has 1 rings (SSSR count). The molecule has 1 atom stereocenters. The van der Waals surface area contributed by atoms with Crippen molar-refractivity contribution in [3.05, 3.63) is 23.8 Å². The maximum atomic E-state index is 11.7. The Morgan fingerprint density at radius 3 is 2.85 bits per heavy atom. The summed E-state index contributed by atoms with van der Waals surface area (Å²) in [5, 5.41) is 14.3. The summed E-state index contributed by atoms with van der Waals surface area (Å²) in [5.74, 6) is -0.860. The van der Waals surface area contributed by atoms with Crippen LogP contribution in [0.4, 0.5) is 0 Å². The molecule has 108 valence electrons. The van der Waals surface area contributed by atoms with Gasteiger partial charge in [0.25, 0.3) is 5.78 Å². The number of ketones is 1. The second-order valence-corrected chi connectivity index (χ2v) is 4.74. The molecule has 0 spiro atoms. The highest BCUT2D eigenvalue weighted by molar-refractivity contribution is 6.00. The van der Waals surface area contributed by atoms with Crippen LogP contribution in [0.15, 0.2) is 23.8 Å². The van der Waals surface area contributed by atoms with Crippen LogP contribution in [0.3, 0.4) is 0 Å². The number of nitrogens with zero attached hydrogens (tertiary/aromatic N) is 1. The Morgan fingerprint density at radius 1 is 1.45 bits per heavy atom. The van der Waals surface area contributed by atoms with Crippen molar-refractivity contribution < 1.29 is 9.59 Å². The first kappa shape index (κ1) is 16.1. The van der Waals surface area contributed by atoms with Crippen LogP contribution >= 0.6 is 0 Å². The minimum absolute atomic E-state index is 0.165. The molecule has 0 aromatic heterocycles. The lowest BCUT2D eigenvalue weighted by Gasteiger charge is -2.16. The zero-order valence-corrected chi connectivity index (χ0v) is 11.8. The monoisotopic (exact) mass is 275 g/mol. The molecule has 5 heteroatoms. The fraction of sp³-hybridized carbons (Fsp3) is 0.533. The van der Waals surface area contributed by atoms with E-state index in [0.29, 0.717) is 6.42 Å². The van der Waals surface area contributed by atoms with Crippen molar-refractivity contribution in [3.8, 4) is 6.07 Å². The molecule has 1 unspecified atom stereocenters. The number of Topliss-reactive ketones (excluding diaryl/α,β-unsaturated/α-hetero) is 1. The highest BCUT2D eigenvalue weighted by Crippen LogP contribution is 2.15. The molecule has 0 saturated heterocycles. The van der Waals surface area contributed by atoms with Crippen molar-refractivity contribution >= 4 is 11.7 Å². The molecule has 0 saturated carbocycles. The summed E-state index contributed by atoms with van der Waals surface area (Å²) in [6.45, 7) is 2.92. The van der Waals surface area contributed by atoms with Crippen LogP contribution in [0.5, 0.6) is 0 Å². The van der Waals surface area contributed by atoms with Crippen LogP contribution in [0, 0.1) is 11.3 Å². The van der Waals surface area contributed by atoms with Crippen molar-refractivity contribution in [2.45, 2.75) is 38.6 Å². The number of carbonyl (C=O) groups excluding carboxylic acids is 2. The van der Waals surface area contributed by atoms with Gasteiger partial charge in [-0.25, -0.2) is 0 Å². The summed E-state index contributed by atoms with van der Waals surface area (Å²) in [5.41, 5.74) is 0.992. The number of hydrogen-bond acceptors (Lipinski definition) is 4. The van der Waals surface area contributed by atoms with Gasteiger partial charge in [-0.15, -0.1) is 0 Å². The molecule has 0 fully saturated rings. The van der Waals surface area contributed by atoms with Gasteiger partial charge in [0.05, 0.1) is 6.54 Å². The van der Waals surface area contributed by atoms with Gasteiger partial charge in [0.15, 0.2) is 0 Å². The van der Waals surface area contributed by atoms with Gasteiger partial charge in [-0.3, -0.25) is 9.59 Å². The van der Waals surface area contributed by atoms with E-state index in [1.54, 1.807) is 6.07 Å². The largest absolute Gasteiger partial charge is 0.344 e. The Balaban J connectivity index is 2.54. The lowest BCUT2D eigenvalue weighted by Crippen LogP contribution is -2.44. The molecular weight excluding hydrogens is 254 g/mol. The number of hydrogen-bond donors (Lipinski definition) is 2. The molecule has 1 aliphatic carbocycles. The minimum Gasteiger partial charge on any atom is -0.344 e. The highest BCUT2D eigenvalue weighted by atomic mass is 16.2. The second-order valence-electron chi connectivity index (χ2n) is 4.74. The summed E-state index contributed by atoms with van der Waals surface area (Å²) in [6, 6.07) is 0.843. The number of amides is 1. The molecule has 5 nitrogen and oxygen atoms in total. The fourth-order valence-corrected chi connectivity index (χ4v) is 1.97. The van der Waals surface area contributed by atoms with E-state index in [9.17, 15) is 9.59 Å². The van der Waals surface area contributed by atoms with Crippen LogP contribution in [0.2, 0.25) is 0 Å². The summed E-state index contributed by atoms with van der Waals surface area (Å²) in [6.07, 6.45) is 9.27. The number of rotatable bonds is 8. The van der Waals surface area contributed by atoms with Crippen molar-refractivity contribution in [1.29, 1.82) is 5.26 Å². The van der Waals surface area contributed by atoms with Crippen LogP contribution < -0.4 is 10.6 Å². The first-order chi connectivity index (χ1) is 9.67. The smallest absolute Gasteiger partial charge is 0.254 e. The van der Waals surface area contributed by atoms with Gasteiger partial charge in [0.2, 0.25) is 5.91 Å². The van der Waals surface area contributed by atoms with Crippen LogP contribution in [-0.4, -0.2) is 30.8 Å². The van der Waals surface area contributed by atoms with Gasteiger partial charge < -0.3 is 10.6 Å². The first-order valence-corrected chi connectivity index (χ1v) is 6.97. The van der Waals surface area contributed by atoms with Crippen molar-refractivity contribution in [1.82, 2.24) is 10.6 Å². The van der Waals surface area contributed by atoms with Crippen LogP contribution in [0.25, 0.3) is 0 Å². The number of nitriles is 1. The Hall–Kier alpha value is -1.93. The standard InChI is InChI=1S/C15H21N3O2/c1-2-8-17-11-15(20)18-13(14(19)10-16)9-12-6-4-3-5-7-12/h4,6-7,13,17H,2-3,5,8-9,11H2,1H3,(H,18,20). The predicted molar refractivity (Wildman–Crippen MR) is 76.8 cm³/mol. The Bertz CT molecular complexity index is 447. The predicted octanol–water partition coefficient (Wildman–Crippen LogP) is 1.23. The molecule has 0 aliphatic heterocycles. The molecule has 0 heterocycles. The summed E-state index contributed by atoms with van der Waals surface area (Å²) in [7, 11) is 0. The van der Waals surface area contributed by atoms with E-state index >= 15 is 0 Å². The van der Waals surface area contributed by atoms with E-state index in [1.807, 2.05) is 25.2 Å². The third kappa shape index (κ3) is 5.81. The Kier molecular flexibility index (Phi) is 7.30. The van der Waals surface area contributed by atoms with Crippen LogP contribution in [-0.2, 0) is 9.59 Å². The molecule has 2 N–H and O–H groups in total. The molecular formula is C15H21N3O2. The molecule has 1 aliphatic rings. The van der Waals surface area contributed by atoms with Gasteiger partial charge in [0, 0.05) is 6.42 Å².